The predicted octanol–water partition coefficient (Wildman–Crippen LogP) is 4.62. The van der Waals surface area contributed by atoms with Crippen molar-refractivity contribution >= 4 is 27.5 Å². The Morgan fingerprint density at radius 1 is 1.03 bits per heavy atom. The molecule has 6 rings (SSSR count). The van der Waals surface area contributed by atoms with E-state index in [1.165, 1.54) is 37.5 Å². The molecule has 1 atom stereocenters. The summed E-state index contributed by atoms with van der Waals surface area (Å²) in [6.07, 6.45) is 6.48. The van der Waals surface area contributed by atoms with Gasteiger partial charge in [0.05, 0.1) is 21.5 Å². The third-order valence-electron chi connectivity index (χ3n) is 8.15. The summed E-state index contributed by atoms with van der Waals surface area (Å²) in [6.45, 7) is 0.370. The fraction of sp³-hybridized carbons (Fsp3) is 0.519. The van der Waals surface area contributed by atoms with Gasteiger partial charge in [-0.15, -0.1) is 0 Å². The molecule has 0 saturated heterocycles. The van der Waals surface area contributed by atoms with Crippen LogP contribution in [-0.4, -0.2) is 45.4 Å². The van der Waals surface area contributed by atoms with Crippen molar-refractivity contribution in [2.45, 2.75) is 55.0 Å². The number of benzene rings is 2. The van der Waals surface area contributed by atoms with Crippen LogP contribution in [0.4, 0.5) is 0 Å². The van der Waals surface area contributed by atoms with Crippen LogP contribution >= 0.6 is 11.6 Å². The standard InChI is InChI=1S/C27H34ClN3O3S/c1-31(2)25(21-6-4-3-5-7-21)17-29-26(32)23-13-22(8-9-24(23)28)35(33,34)30-27-14-18-10-19(15-27)12-20(11-18)16-27/h3-9,13,18-20,25,30H,10-12,14-17H2,1-2H3,(H,29,32). The van der Waals surface area contributed by atoms with E-state index in [4.69, 9.17) is 11.6 Å². The monoisotopic (exact) mass is 515 g/mol. The van der Waals surface area contributed by atoms with Gasteiger partial charge in [-0.25, -0.2) is 13.1 Å². The highest BCUT2D eigenvalue weighted by Crippen LogP contribution is 2.56. The van der Waals surface area contributed by atoms with Gasteiger partial charge in [-0.3, -0.25) is 4.79 Å². The van der Waals surface area contributed by atoms with Gasteiger partial charge in [0.25, 0.3) is 5.91 Å². The number of likely N-dealkylation sites (N-methyl/N-ethyl adjacent to an activating group) is 1. The van der Waals surface area contributed by atoms with Gasteiger partial charge in [-0.2, -0.15) is 0 Å². The first kappa shape index (κ1) is 24.8. The van der Waals surface area contributed by atoms with Crippen LogP contribution in [0, 0.1) is 17.8 Å². The number of carbonyl (C=O) groups is 1. The molecule has 35 heavy (non-hydrogen) atoms. The molecular weight excluding hydrogens is 482 g/mol. The van der Waals surface area contributed by atoms with E-state index in [-0.39, 0.29) is 33.0 Å². The highest BCUT2D eigenvalue weighted by molar-refractivity contribution is 7.89. The average Bonchev–Trinajstić information content (AvgIpc) is 2.78. The second-order valence-electron chi connectivity index (χ2n) is 11.0. The van der Waals surface area contributed by atoms with Crippen LogP contribution in [0.3, 0.4) is 0 Å². The van der Waals surface area contributed by atoms with Gasteiger partial charge in [0.2, 0.25) is 10.0 Å². The van der Waals surface area contributed by atoms with Crippen LogP contribution in [0.25, 0.3) is 0 Å². The van der Waals surface area contributed by atoms with E-state index < -0.39 is 10.0 Å². The summed E-state index contributed by atoms with van der Waals surface area (Å²) in [5.74, 6) is 1.50. The molecule has 2 N–H and O–H groups in total. The van der Waals surface area contributed by atoms with Crippen LogP contribution in [0.5, 0.6) is 0 Å². The Kier molecular flexibility index (Phi) is 6.72. The molecule has 0 aliphatic heterocycles. The maximum atomic E-state index is 13.5. The quantitative estimate of drug-likeness (QED) is 0.537. The molecule has 2 aromatic rings. The Balaban J connectivity index is 1.32. The zero-order valence-electron chi connectivity index (χ0n) is 20.3. The molecule has 8 heteroatoms. The summed E-state index contributed by atoms with van der Waals surface area (Å²) in [5, 5.41) is 3.18. The summed E-state index contributed by atoms with van der Waals surface area (Å²) >= 11 is 6.35. The van der Waals surface area contributed by atoms with E-state index in [0.29, 0.717) is 24.3 Å². The smallest absolute Gasteiger partial charge is 0.252 e. The van der Waals surface area contributed by atoms with Gasteiger partial charge >= 0.3 is 0 Å². The number of sulfonamides is 1. The lowest BCUT2D eigenvalue weighted by molar-refractivity contribution is -0.00810. The summed E-state index contributed by atoms with van der Waals surface area (Å²) in [5.41, 5.74) is 0.912. The zero-order valence-corrected chi connectivity index (χ0v) is 21.9. The molecule has 4 aliphatic rings. The van der Waals surface area contributed by atoms with Crippen molar-refractivity contribution in [2.24, 2.45) is 17.8 Å². The first-order chi connectivity index (χ1) is 16.6. The lowest BCUT2D eigenvalue weighted by Crippen LogP contribution is -2.59. The number of rotatable bonds is 8. The SMILES string of the molecule is CN(C)C(CNC(=O)c1cc(S(=O)(=O)NC23CC4CC(CC(C4)C2)C3)ccc1Cl)c1ccccc1. The number of halogens is 1. The largest absolute Gasteiger partial charge is 0.350 e. The first-order valence-electron chi connectivity index (χ1n) is 12.5. The third kappa shape index (κ3) is 5.15. The van der Waals surface area contributed by atoms with Crippen molar-refractivity contribution in [3.63, 3.8) is 0 Å². The summed E-state index contributed by atoms with van der Waals surface area (Å²) < 4.78 is 30.0. The van der Waals surface area contributed by atoms with Gasteiger partial charge in [-0.05, 0) is 94.1 Å². The molecule has 0 aromatic heterocycles. The van der Waals surface area contributed by atoms with Gasteiger partial charge < -0.3 is 10.2 Å². The van der Waals surface area contributed by atoms with E-state index in [0.717, 1.165) is 24.8 Å². The van der Waals surface area contributed by atoms with Gasteiger partial charge in [0.1, 0.15) is 0 Å². The minimum absolute atomic E-state index is 0.0245. The number of nitrogens with zero attached hydrogens (tertiary/aromatic N) is 1. The summed E-state index contributed by atoms with van der Waals surface area (Å²) in [6, 6.07) is 14.3. The van der Waals surface area contributed by atoms with Crippen LogP contribution in [0.2, 0.25) is 5.02 Å². The highest BCUT2D eigenvalue weighted by Gasteiger charge is 2.52. The molecule has 4 saturated carbocycles. The molecular formula is C27H34ClN3O3S. The number of hydrogen-bond acceptors (Lipinski definition) is 4. The number of carbonyl (C=O) groups excluding carboxylic acids is 1. The normalized spacial score (nSPS) is 28.3. The minimum Gasteiger partial charge on any atom is -0.350 e. The Hall–Kier alpha value is -1.93. The van der Waals surface area contributed by atoms with E-state index in [2.05, 4.69) is 10.0 Å². The fourth-order valence-electron chi connectivity index (χ4n) is 6.98. The Bertz CT molecular complexity index is 1160. The van der Waals surface area contributed by atoms with Gasteiger partial charge in [-0.1, -0.05) is 41.9 Å². The second kappa shape index (κ2) is 9.51. The van der Waals surface area contributed by atoms with Crippen LogP contribution in [0.1, 0.15) is 60.5 Å². The van der Waals surface area contributed by atoms with E-state index in [1.54, 1.807) is 0 Å². The maximum absolute atomic E-state index is 13.5. The third-order valence-corrected chi connectivity index (χ3v) is 10.1. The number of nitrogens with one attached hydrogen (secondary N) is 2. The Morgan fingerprint density at radius 3 is 2.20 bits per heavy atom. The lowest BCUT2D eigenvalue weighted by atomic mass is 9.53. The molecule has 2 aromatic carbocycles. The number of amides is 1. The van der Waals surface area contributed by atoms with Crippen molar-refractivity contribution in [2.75, 3.05) is 20.6 Å². The highest BCUT2D eigenvalue weighted by atomic mass is 35.5. The molecule has 1 amide bonds. The summed E-state index contributed by atoms with van der Waals surface area (Å²) in [4.78, 5) is 15.2. The summed E-state index contributed by atoms with van der Waals surface area (Å²) in [7, 11) is 0.137. The molecule has 188 valence electrons. The molecule has 6 nitrogen and oxygen atoms in total. The predicted molar refractivity (Wildman–Crippen MR) is 138 cm³/mol. The van der Waals surface area contributed by atoms with E-state index in [9.17, 15) is 13.2 Å². The van der Waals surface area contributed by atoms with E-state index in [1.807, 2.05) is 49.3 Å². The molecule has 0 heterocycles. The average molecular weight is 516 g/mol. The molecule has 4 fully saturated rings. The van der Waals surface area contributed by atoms with Crippen LogP contribution in [0.15, 0.2) is 53.4 Å². The fourth-order valence-corrected chi connectivity index (χ4v) is 8.64. The van der Waals surface area contributed by atoms with Crippen LogP contribution in [-0.2, 0) is 10.0 Å². The minimum atomic E-state index is -3.78. The van der Waals surface area contributed by atoms with Crippen molar-refractivity contribution in [1.29, 1.82) is 0 Å². The molecule has 0 radical (unpaired) electrons. The van der Waals surface area contributed by atoms with Crippen molar-refractivity contribution in [3.05, 3.63) is 64.7 Å². The lowest BCUT2D eigenvalue weighted by Gasteiger charge is -2.56. The molecule has 0 spiro atoms. The Morgan fingerprint density at radius 2 is 1.63 bits per heavy atom. The zero-order chi connectivity index (χ0) is 24.8. The van der Waals surface area contributed by atoms with E-state index >= 15 is 0 Å². The molecule has 4 aliphatic carbocycles. The Labute approximate surface area is 213 Å². The number of hydrogen-bond donors (Lipinski definition) is 2. The second-order valence-corrected chi connectivity index (χ2v) is 13.1. The maximum Gasteiger partial charge on any atom is 0.252 e. The first-order valence-corrected chi connectivity index (χ1v) is 14.3. The topological polar surface area (TPSA) is 78.5 Å². The molecule has 1 unspecified atom stereocenters. The van der Waals surface area contributed by atoms with Crippen molar-refractivity contribution in [1.82, 2.24) is 14.9 Å². The van der Waals surface area contributed by atoms with Gasteiger partial charge in [0.15, 0.2) is 0 Å². The van der Waals surface area contributed by atoms with Gasteiger partial charge in [0, 0.05) is 12.1 Å². The molecule has 4 bridgehead atoms. The van der Waals surface area contributed by atoms with Crippen LogP contribution < -0.4 is 10.0 Å². The van der Waals surface area contributed by atoms with Crippen molar-refractivity contribution in [3.8, 4) is 0 Å². The van der Waals surface area contributed by atoms with Crippen molar-refractivity contribution < 1.29 is 13.2 Å².